The summed E-state index contributed by atoms with van der Waals surface area (Å²) < 4.78 is 0. The fourth-order valence-corrected chi connectivity index (χ4v) is 2.97. The summed E-state index contributed by atoms with van der Waals surface area (Å²) in [6, 6.07) is 22.9. The summed E-state index contributed by atoms with van der Waals surface area (Å²) in [5.74, 6) is 5.87. The maximum atomic E-state index is 12.5. The molecule has 4 nitrogen and oxygen atoms in total. The summed E-state index contributed by atoms with van der Waals surface area (Å²) in [4.78, 5) is 14.1. The molecule has 3 aromatic carbocycles. The zero-order chi connectivity index (χ0) is 21.5. The molecule has 0 fully saturated rings. The first-order valence-electron chi connectivity index (χ1n) is 9.14. The van der Waals surface area contributed by atoms with Gasteiger partial charge < -0.3 is 4.90 Å². The van der Waals surface area contributed by atoms with Crippen LogP contribution in [0.3, 0.4) is 0 Å². The highest BCUT2D eigenvalue weighted by Crippen LogP contribution is 2.21. The molecule has 30 heavy (non-hydrogen) atoms. The van der Waals surface area contributed by atoms with Crippen LogP contribution in [0.4, 0.5) is 0 Å². The van der Waals surface area contributed by atoms with Gasteiger partial charge in [0.1, 0.15) is 6.04 Å². The van der Waals surface area contributed by atoms with Crippen molar-refractivity contribution in [2.75, 3.05) is 7.05 Å². The van der Waals surface area contributed by atoms with Crippen molar-refractivity contribution in [1.29, 1.82) is 5.41 Å². The van der Waals surface area contributed by atoms with E-state index in [0.717, 1.165) is 11.1 Å². The fraction of sp³-hybridized carbons (Fsp3) is 0.0833. The Balaban J connectivity index is 1.83. The molecule has 3 aromatic rings. The molecular weight excluding hydrogens is 417 g/mol. The van der Waals surface area contributed by atoms with E-state index in [1.807, 2.05) is 42.5 Å². The summed E-state index contributed by atoms with van der Waals surface area (Å²) >= 11 is 11.9. The fourth-order valence-electron chi connectivity index (χ4n) is 2.72. The number of hydrogen-bond acceptors (Lipinski definition) is 2. The van der Waals surface area contributed by atoms with E-state index in [0.29, 0.717) is 15.6 Å². The quantitative estimate of drug-likeness (QED) is 0.329. The summed E-state index contributed by atoms with van der Waals surface area (Å²) in [7, 11) is 1.71. The summed E-state index contributed by atoms with van der Waals surface area (Å²) in [5, 5.41) is 12.2. The van der Waals surface area contributed by atoms with Crippen LogP contribution in [0.25, 0.3) is 0 Å². The third-order valence-electron chi connectivity index (χ3n) is 4.39. The molecular formula is C24H19Cl2N3O. The molecule has 3 rings (SSSR count). The lowest BCUT2D eigenvalue weighted by Crippen LogP contribution is -2.42. The Bertz CT molecular complexity index is 1090. The number of nitrogens with one attached hydrogen (secondary N) is 2. The molecule has 150 valence electrons. The van der Waals surface area contributed by atoms with Crippen molar-refractivity contribution in [3.05, 3.63) is 106 Å². The van der Waals surface area contributed by atoms with E-state index >= 15 is 0 Å². The Morgan fingerprint density at radius 1 is 0.933 bits per heavy atom. The first-order chi connectivity index (χ1) is 14.4. The third kappa shape index (κ3) is 5.64. The van der Waals surface area contributed by atoms with Crippen LogP contribution in [-0.2, 0) is 0 Å². The smallest absolute Gasteiger partial charge is 0.257 e. The van der Waals surface area contributed by atoms with Crippen molar-refractivity contribution in [1.82, 2.24) is 10.2 Å². The second-order valence-electron chi connectivity index (χ2n) is 6.51. The van der Waals surface area contributed by atoms with E-state index in [1.165, 1.54) is 0 Å². The van der Waals surface area contributed by atoms with Crippen molar-refractivity contribution in [3.63, 3.8) is 0 Å². The number of nitrogens with zero attached hydrogens (tertiary/aromatic N) is 1. The van der Waals surface area contributed by atoms with Gasteiger partial charge in [-0.3, -0.25) is 15.5 Å². The van der Waals surface area contributed by atoms with E-state index in [2.05, 4.69) is 17.2 Å². The van der Waals surface area contributed by atoms with Crippen molar-refractivity contribution in [3.8, 4) is 11.8 Å². The van der Waals surface area contributed by atoms with Crippen LogP contribution in [0.15, 0.2) is 78.9 Å². The normalized spacial score (nSPS) is 11.0. The maximum absolute atomic E-state index is 12.5. The minimum Gasteiger partial charge on any atom is -0.328 e. The van der Waals surface area contributed by atoms with Gasteiger partial charge >= 0.3 is 0 Å². The Morgan fingerprint density at radius 2 is 1.50 bits per heavy atom. The maximum Gasteiger partial charge on any atom is 0.257 e. The first-order valence-corrected chi connectivity index (χ1v) is 9.90. The lowest BCUT2D eigenvalue weighted by molar-refractivity contribution is 0.0972. The summed E-state index contributed by atoms with van der Waals surface area (Å²) in [6.07, 6.45) is 0. The van der Waals surface area contributed by atoms with Gasteiger partial charge in [0, 0.05) is 28.2 Å². The molecule has 0 aromatic heterocycles. The molecule has 0 saturated carbocycles. The van der Waals surface area contributed by atoms with Crippen LogP contribution in [-0.4, -0.2) is 23.8 Å². The van der Waals surface area contributed by atoms with Crippen LogP contribution >= 0.6 is 23.2 Å². The second-order valence-corrected chi connectivity index (χ2v) is 7.38. The molecule has 0 radical (unpaired) electrons. The Labute approximate surface area is 185 Å². The van der Waals surface area contributed by atoms with Crippen molar-refractivity contribution >= 4 is 35.1 Å². The molecule has 0 saturated heterocycles. The largest absolute Gasteiger partial charge is 0.328 e. The van der Waals surface area contributed by atoms with Crippen LogP contribution < -0.4 is 5.32 Å². The van der Waals surface area contributed by atoms with E-state index in [1.54, 1.807) is 48.3 Å². The number of carbonyl (C=O) groups is 1. The Hall–Kier alpha value is -3.26. The molecule has 2 N–H and O–H groups in total. The van der Waals surface area contributed by atoms with E-state index in [9.17, 15) is 4.79 Å². The predicted molar refractivity (Wildman–Crippen MR) is 122 cm³/mol. The number of amides is 1. The molecule has 0 heterocycles. The van der Waals surface area contributed by atoms with Crippen LogP contribution in [0.5, 0.6) is 0 Å². The molecule has 0 bridgehead atoms. The first kappa shape index (κ1) is 21.4. The van der Waals surface area contributed by atoms with Crippen molar-refractivity contribution in [2.45, 2.75) is 6.04 Å². The monoisotopic (exact) mass is 435 g/mol. The topological polar surface area (TPSA) is 56.2 Å². The standard InChI is InChI=1S/C24H19Cl2N3O/c1-29(24(27)28-23(30)19-10-14-21(26)15-11-19)22(18-8-12-20(25)13-9-18)16-7-17-5-3-2-4-6-17/h2-6,8-15,22H,1H3,(H2,27,28,30). The van der Waals surface area contributed by atoms with Gasteiger partial charge in [-0.25, -0.2) is 0 Å². The van der Waals surface area contributed by atoms with Gasteiger partial charge in [0.25, 0.3) is 5.91 Å². The van der Waals surface area contributed by atoms with E-state index < -0.39 is 11.9 Å². The van der Waals surface area contributed by atoms with Gasteiger partial charge in [-0.05, 0) is 54.1 Å². The molecule has 1 atom stereocenters. The molecule has 0 aliphatic carbocycles. The Kier molecular flexibility index (Phi) is 7.13. The van der Waals surface area contributed by atoms with Crippen LogP contribution in [0.2, 0.25) is 10.0 Å². The lowest BCUT2D eigenvalue weighted by atomic mass is 10.1. The molecule has 0 aliphatic rings. The SMILES string of the molecule is CN(C(=N)NC(=O)c1ccc(Cl)cc1)C(C#Cc1ccccc1)c1ccc(Cl)cc1. The third-order valence-corrected chi connectivity index (χ3v) is 4.90. The number of halogens is 2. The molecule has 1 unspecified atom stereocenters. The zero-order valence-corrected chi connectivity index (χ0v) is 17.7. The van der Waals surface area contributed by atoms with E-state index in [4.69, 9.17) is 28.6 Å². The summed E-state index contributed by atoms with van der Waals surface area (Å²) in [5.41, 5.74) is 2.13. The average Bonchev–Trinajstić information content (AvgIpc) is 2.76. The Morgan fingerprint density at radius 3 is 2.10 bits per heavy atom. The van der Waals surface area contributed by atoms with Crippen molar-refractivity contribution < 1.29 is 4.79 Å². The average molecular weight is 436 g/mol. The number of hydrogen-bond donors (Lipinski definition) is 2. The van der Waals surface area contributed by atoms with Gasteiger partial charge in [0.2, 0.25) is 0 Å². The highest BCUT2D eigenvalue weighted by molar-refractivity contribution is 6.30. The van der Waals surface area contributed by atoms with Crippen LogP contribution in [0, 0.1) is 17.3 Å². The molecule has 0 spiro atoms. The van der Waals surface area contributed by atoms with Gasteiger partial charge in [-0.15, -0.1) is 0 Å². The summed E-state index contributed by atoms with van der Waals surface area (Å²) in [6.45, 7) is 0. The molecule has 1 amide bonds. The lowest BCUT2D eigenvalue weighted by Gasteiger charge is -2.27. The number of guanidine groups is 1. The highest BCUT2D eigenvalue weighted by atomic mass is 35.5. The van der Waals surface area contributed by atoms with Gasteiger partial charge in [-0.1, -0.05) is 65.4 Å². The second kappa shape index (κ2) is 9.98. The zero-order valence-electron chi connectivity index (χ0n) is 16.2. The van der Waals surface area contributed by atoms with Crippen molar-refractivity contribution in [2.24, 2.45) is 0 Å². The van der Waals surface area contributed by atoms with E-state index in [-0.39, 0.29) is 5.96 Å². The number of benzene rings is 3. The minimum absolute atomic E-state index is 0.0720. The van der Waals surface area contributed by atoms with Gasteiger partial charge in [-0.2, -0.15) is 0 Å². The molecule has 6 heteroatoms. The number of carbonyl (C=O) groups excluding carboxylic acids is 1. The number of rotatable bonds is 3. The predicted octanol–water partition coefficient (Wildman–Crippen LogP) is 5.38. The van der Waals surface area contributed by atoms with Gasteiger partial charge in [0.15, 0.2) is 5.96 Å². The highest BCUT2D eigenvalue weighted by Gasteiger charge is 2.19. The van der Waals surface area contributed by atoms with Crippen LogP contribution in [0.1, 0.15) is 27.5 Å². The van der Waals surface area contributed by atoms with Gasteiger partial charge in [0.05, 0.1) is 0 Å². The minimum atomic E-state index is -0.458. The molecule has 0 aliphatic heterocycles.